The smallest absolute Gasteiger partial charge is 0.407 e. The minimum Gasteiger partial charge on any atom is -0.444 e. The van der Waals surface area contributed by atoms with E-state index in [1.165, 1.54) is 7.11 Å². The predicted octanol–water partition coefficient (Wildman–Crippen LogP) is 4.18. The van der Waals surface area contributed by atoms with Crippen LogP contribution in [0.15, 0.2) is 24.3 Å². The second-order valence-electron chi connectivity index (χ2n) is 9.20. The van der Waals surface area contributed by atoms with Crippen LogP contribution in [0.4, 0.5) is 9.59 Å². The molecule has 32 heavy (non-hydrogen) atoms. The summed E-state index contributed by atoms with van der Waals surface area (Å²) in [6, 6.07) is 7.73. The maximum absolute atomic E-state index is 12.6. The number of nitrogens with one attached hydrogen (secondary N) is 2. The van der Waals surface area contributed by atoms with Crippen LogP contribution < -0.4 is 10.8 Å². The molecule has 0 spiro atoms. The molecule has 2 N–H and O–H groups in total. The first-order chi connectivity index (χ1) is 15.1. The molecule has 0 saturated carbocycles. The fraction of sp³-hybridized carbons (Fsp3) is 0.652. The molecule has 1 aliphatic heterocycles. The van der Waals surface area contributed by atoms with E-state index in [4.69, 9.17) is 21.2 Å². The zero-order chi connectivity index (χ0) is 23.7. The molecule has 1 aromatic rings. The van der Waals surface area contributed by atoms with E-state index in [1.807, 2.05) is 49.9 Å². The highest BCUT2D eigenvalue weighted by Gasteiger charge is 2.30. The zero-order valence-electron chi connectivity index (χ0n) is 19.8. The molecule has 0 unspecified atom stereocenters. The van der Waals surface area contributed by atoms with Gasteiger partial charge in [0.15, 0.2) is 0 Å². The van der Waals surface area contributed by atoms with Crippen molar-refractivity contribution in [1.82, 2.24) is 20.6 Å². The van der Waals surface area contributed by atoms with E-state index in [0.29, 0.717) is 24.2 Å². The third-order valence-electron chi connectivity index (χ3n) is 5.49. The Morgan fingerprint density at radius 2 is 1.97 bits per heavy atom. The Balaban J connectivity index is 1.86. The maximum Gasteiger partial charge on any atom is 0.407 e. The van der Waals surface area contributed by atoms with E-state index >= 15 is 0 Å². The number of alkyl carbamates (subject to hydrolysis) is 1. The first-order valence-corrected chi connectivity index (χ1v) is 11.5. The molecule has 1 aliphatic rings. The number of hydrogen-bond donors (Lipinski definition) is 2. The van der Waals surface area contributed by atoms with Gasteiger partial charge in [-0.3, -0.25) is 4.84 Å². The number of carbonyl (C=O) groups is 2. The van der Waals surface area contributed by atoms with Crippen molar-refractivity contribution >= 4 is 23.7 Å². The third-order valence-corrected chi connectivity index (χ3v) is 5.72. The fourth-order valence-electron chi connectivity index (χ4n) is 3.86. The number of amides is 3. The van der Waals surface area contributed by atoms with Crippen molar-refractivity contribution in [3.8, 4) is 0 Å². The van der Waals surface area contributed by atoms with Gasteiger partial charge in [0, 0.05) is 43.3 Å². The first kappa shape index (κ1) is 26.2. The van der Waals surface area contributed by atoms with Gasteiger partial charge in [-0.2, -0.15) is 0 Å². The van der Waals surface area contributed by atoms with Crippen molar-refractivity contribution in [1.29, 1.82) is 0 Å². The molecule has 1 aromatic carbocycles. The average molecular weight is 469 g/mol. The number of benzene rings is 1. The summed E-state index contributed by atoms with van der Waals surface area (Å²) in [4.78, 5) is 33.5. The second-order valence-corrected chi connectivity index (χ2v) is 9.64. The second kappa shape index (κ2) is 12.3. The molecule has 8 nitrogen and oxygen atoms in total. The summed E-state index contributed by atoms with van der Waals surface area (Å²) >= 11 is 6.12. The summed E-state index contributed by atoms with van der Waals surface area (Å²) < 4.78 is 5.28. The van der Waals surface area contributed by atoms with Gasteiger partial charge in [-0.05, 0) is 64.7 Å². The van der Waals surface area contributed by atoms with Crippen LogP contribution >= 0.6 is 11.6 Å². The highest BCUT2D eigenvalue weighted by atomic mass is 35.5. The number of rotatable bonds is 8. The normalized spacial score (nSPS) is 16.3. The van der Waals surface area contributed by atoms with Crippen molar-refractivity contribution in [3.05, 3.63) is 34.9 Å². The number of hydroxylamine groups is 1. The quantitative estimate of drug-likeness (QED) is 0.559. The van der Waals surface area contributed by atoms with E-state index in [0.717, 1.165) is 37.9 Å². The minimum atomic E-state index is -0.496. The molecule has 1 fully saturated rings. The monoisotopic (exact) mass is 468 g/mol. The van der Waals surface area contributed by atoms with Gasteiger partial charge in [-0.15, -0.1) is 0 Å². The van der Waals surface area contributed by atoms with E-state index in [2.05, 4.69) is 22.6 Å². The fourth-order valence-corrected chi connectivity index (χ4v) is 4.08. The number of carbonyl (C=O) groups excluding carboxylic acids is 2. The van der Waals surface area contributed by atoms with Gasteiger partial charge in [0.05, 0.1) is 7.11 Å². The summed E-state index contributed by atoms with van der Waals surface area (Å²) in [5, 5.41) is 3.47. The van der Waals surface area contributed by atoms with Gasteiger partial charge in [0.1, 0.15) is 5.60 Å². The molecular formula is C23H37ClN4O4. The lowest BCUT2D eigenvalue weighted by molar-refractivity contribution is 0.0507. The lowest BCUT2D eigenvalue weighted by atomic mass is 10.0. The van der Waals surface area contributed by atoms with Gasteiger partial charge >= 0.3 is 12.1 Å². The molecular weight excluding hydrogens is 432 g/mol. The van der Waals surface area contributed by atoms with E-state index in [1.54, 1.807) is 0 Å². The minimum absolute atomic E-state index is 0.104. The summed E-state index contributed by atoms with van der Waals surface area (Å²) in [5.41, 5.74) is 2.94. The van der Waals surface area contributed by atoms with Crippen molar-refractivity contribution in [3.63, 3.8) is 0 Å². The Morgan fingerprint density at radius 3 is 2.56 bits per heavy atom. The highest BCUT2D eigenvalue weighted by Crippen LogP contribution is 2.22. The molecule has 0 aromatic heterocycles. The number of piperidine rings is 1. The van der Waals surface area contributed by atoms with E-state index < -0.39 is 5.60 Å². The van der Waals surface area contributed by atoms with Gasteiger partial charge in [-0.1, -0.05) is 23.7 Å². The van der Waals surface area contributed by atoms with Gasteiger partial charge in [0.25, 0.3) is 0 Å². The number of nitrogens with zero attached hydrogens (tertiary/aromatic N) is 2. The Kier molecular flexibility index (Phi) is 10.1. The van der Waals surface area contributed by atoms with Crippen LogP contribution in [-0.4, -0.2) is 66.4 Å². The lowest BCUT2D eigenvalue weighted by Gasteiger charge is -2.40. The largest absolute Gasteiger partial charge is 0.444 e. The van der Waals surface area contributed by atoms with Gasteiger partial charge in [0.2, 0.25) is 0 Å². The number of hydrogen-bond acceptors (Lipinski definition) is 5. The van der Waals surface area contributed by atoms with Gasteiger partial charge in [-0.25, -0.2) is 15.1 Å². The number of halogens is 1. The highest BCUT2D eigenvalue weighted by molar-refractivity contribution is 6.30. The van der Waals surface area contributed by atoms with Crippen LogP contribution in [0.3, 0.4) is 0 Å². The summed E-state index contributed by atoms with van der Waals surface area (Å²) in [6.45, 7) is 10.5. The average Bonchev–Trinajstić information content (AvgIpc) is 2.71. The van der Waals surface area contributed by atoms with Crippen LogP contribution in [-0.2, 0) is 16.1 Å². The molecule has 9 heteroatoms. The van der Waals surface area contributed by atoms with Gasteiger partial charge < -0.3 is 19.9 Å². The van der Waals surface area contributed by atoms with Crippen molar-refractivity contribution in [2.24, 2.45) is 0 Å². The third kappa shape index (κ3) is 8.84. The van der Waals surface area contributed by atoms with Crippen LogP contribution in [0.2, 0.25) is 5.02 Å². The maximum atomic E-state index is 12.6. The molecule has 2 rings (SSSR count). The lowest BCUT2D eigenvalue weighted by Crippen LogP contribution is -2.51. The van der Waals surface area contributed by atoms with Crippen LogP contribution in [0, 0.1) is 0 Å². The topological polar surface area (TPSA) is 83.1 Å². The van der Waals surface area contributed by atoms with E-state index in [-0.39, 0.29) is 18.2 Å². The molecule has 0 aliphatic carbocycles. The molecule has 0 radical (unpaired) electrons. The molecule has 3 amide bonds. The van der Waals surface area contributed by atoms with Crippen molar-refractivity contribution < 1.29 is 19.2 Å². The first-order valence-electron chi connectivity index (χ1n) is 11.1. The predicted molar refractivity (Wildman–Crippen MR) is 125 cm³/mol. The number of likely N-dealkylation sites (tertiary alicyclic amines) is 1. The Hall–Kier alpha value is -2.03. The molecule has 0 bridgehead atoms. The Bertz CT molecular complexity index is 748. The molecule has 1 heterocycles. The van der Waals surface area contributed by atoms with Crippen molar-refractivity contribution in [2.75, 3.05) is 26.7 Å². The van der Waals surface area contributed by atoms with Crippen LogP contribution in [0.5, 0.6) is 0 Å². The summed E-state index contributed by atoms with van der Waals surface area (Å²) in [7, 11) is 1.44. The standard InChI is InChI=1S/C23H37ClN4O4/c1-17(9-12-25-22(30)32-23(2,3)4)27-13-10-20(11-14-27)28(21(29)26-31-5)16-18-7-6-8-19(24)15-18/h6-8,15,17,20H,9-14,16H2,1-5H3,(H,25,30)(H,26,29)/t17-/m1/s1. The van der Waals surface area contributed by atoms with Crippen LogP contribution in [0.1, 0.15) is 52.5 Å². The van der Waals surface area contributed by atoms with Crippen molar-refractivity contribution in [2.45, 2.75) is 71.2 Å². The number of ether oxygens (including phenoxy) is 1. The molecule has 1 atom stereocenters. The Labute approximate surface area is 196 Å². The number of urea groups is 1. The SMILES string of the molecule is CONC(=O)N(Cc1cccc(Cl)c1)C1CCN([C@H](C)CCNC(=O)OC(C)(C)C)CC1. The zero-order valence-corrected chi connectivity index (χ0v) is 20.6. The molecule has 180 valence electrons. The van der Waals surface area contributed by atoms with Crippen LogP contribution in [0.25, 0.3) is 0 Å². The van der Waals surface area contributed by atoms with E-state index in [9.17, 15) is 9.59 Å². The summed E-state index contributed by atoms with van der Waals surface area (Å²) in [6.07, 6.45) is 2.17. The molecule has 1 saturated heterocycles. The summed E-state index contributed by atoms with van der Waals surface area (Å²) in [5.74, 6) is 0. The Morgan fingerprint density at radius 1 is 1.28 bits per heavy atom.